The van der Waals surface area contributed by atoms with Crippen LogP contribution in [0.2, 0.25) is 0 Å². The summed E-state index contributed by atoms with van der Waals surface area (Å²) in [5, 5.41) is 2.58. The number of carbonyl (C=O) groups is 3. The summed E-state index contributed by atoms with van der Waals surface area (Å²) in [5.74, 6) is -0.279. The zero-order chi connectivity index (χ0) is 25.8. The van der Waals surface area contributed by atoms with Gasteiger partial charge in [-0.15, -0.1) is 0 Å². The van der Waals surface area contributed by atoms with Crippen molar-refractivity contribution in [1.82, 2.24) is 16.2 Å². The fourth-order valence-electron chi connectivity index (χ4n) is 3.33. The second-order valence-electron chi connectivity index (χ2n) is 7.69. The van der Waals surface area contributed by atoms with E-state index in [9.17, 15) is 14.4 Å². The van der Waals surface area contributed by atoms with Crippen LogP contribution < -0.4 is 25.6 Å². The molecule has 0 saturated carbocycles. The molecule has 0 saturated heterocycles. The Hall–Kier alpha value is -4.53. The van der Waals surface area contributed by atoms with Crippen LogP contribution in [-0.2, 0) is 22.6 Å². The van der Waals surface area contributed by atoms with Gasteiger partial charge in [-0.05, 0) is 36.2 Å². The topological polar surface area (TPSA) is 115 Å². The fraction of sp³-hybridized carbons (Fsp3) is 0.222. The minimum Gasteiger partial charge on any atom is -0.493 e. The van der Waals surface area contributed by atoms with Gasteiger partial charge in [-0.1, -0.05) is 60.7 Å². The van der Waals surface area contributed by atoms with E-state index in [1.54, 1.807) is 12.1 Å². The number of nitrogens with one attached hydrogen (secondary N) is 3. The first-order valence-electron chi connectivity index (χ1n) is 11.4. The number of amides is 3. The molecule has 9 heteroatoms. The second-order valence-corrected chi connectivity index (χ2v) is 7.69. The Labute approximate surface area is 209 Å². The van der Waals surface area contributed by atoms with E-state index in [2.05, 4.69) is 16.2 Å². The van der Waals surface area contributed by atoms with E-state index in [0.29, 0.717) is 18.1 Å². The number of carbonyl (C=O) groups excluding carboxylic acids is 3. The maximum atomic E-state index is 12.9. The van der Waals surface area contributed by atoms with Crippen LogP contribution in [0.4, 0.5) is 4.79 Å². The zero-order valence-corrected chi connectivity index (χ0v) is 20.2. The lowest BCUT2D eigenvalue weighted by Crippen LogP contribution is -2.53. The quantitative estimate of drug-likeness (QED) is 0.375. The van der Waals surface area contributed by atoms with Crippen molar-refractivity contribution < 1.29 is 28.6 Å². The molecule has 0 unspecified atom stereocenters. The molecule has 3 aromatic rings. The lowest BCUT2D eigenvalue weighted by molar-refractivity contribution is -0.123. The summed E-state index contributed by atoms with van der Waals surface area (Å²) in [7, 11) is 1.47. The Morgan fingerprint density at radius 1 is 0.833 bits per heavy atom. The van der Waals surface area contributed by atoms with Gasteiger partial charge in [0.1, 0.15) is 12.6 Å². The third-order valence-corrected chi connectivity index (χ3v) is 5.13. The molecule has 188 valence electrons. The number of hydrogen-bond acceptors (Lipinski definition) is 6. The molecule has 0 aromatic heterocycles. The van der Waals surface area contributed by atoms with Crippen molar-refractivity contribution >= 4 is 17.9 Å². The molecule has 3 N–H and O–H groups in total. The van der Waals surface area contributed by atoms with Gasteiger partial charge in [0.05, 0.1) is 13.7 Å². The van der Waals surface area contributed by atoms with Gasteiger partial charge in [0.15, 0.2) is 11.5 Å². The first-order valence-corrected chi connectivity index (χ1v) is 11.4. The Morgan fingerprint density at radius 2 is 1.50 bits per heavy atom. The summed E-state index contributed by atoms with van der Waals surface area (Å²) in [6, 6.07) is 22.1. The van der Waals surface area contributed by atoms with Gasteiger partial charge in [-0.25, -0.2) is 4.79 Å². The van der Waals surface area contributed by atoms with Gasteiger partial charge in [0, 0.05) is 12.0 Å². The number of methoxy groups -OCH3 is 1. The molecule has 0 fully saturated rings. The number of rotatable bonds is 10. The van der Waals surface area contributed by atoms with Crippen molar-refractivity contribution in [3.63, 3.8) is 0 Å². The number of benzene rings is 3. The molecule has 9 nitrogen and oxygen atoms in total. The molecule has 0 aliphatic heterocycles. The second kappa shape index (κ2) is 13.4. The van der Waals surface area contributed by atoms with E-state index in [1.807, 2.05) is 67.6 Å². The van der Waals surface area contributed by atoms with Gasteiger partial charge in [-0.3, -0.25) is 20.4 Å². The molecule has 0 aliphatic rings. The van der Waals surface area contributed by atoms with E-state index in [1.165, 1.54) is 13.2 Å². The predicted molar refractivity (Wildman–Crippen MR) is 133 cm³/mol. The molecule has 0 heterocycles. The average molecular weight is 492 g/mol. The lowest BCUT2D eigenvalue weighted by Gasteiger charge is -2.19. The Balaban J connectivity index is 1.63. The zero-order valence-electron chi connectivity index (χ0n) is 20.2. The van der Waals surface area contributed by atoms with Gasteiger partial charge >= 0.3 is 6.09 Å². The minimum atomic E-state index is -0.995. The van der Waals surface area contributed by atoms with Crippen molar-refractivity contribution in [1.29, 1.82) is 0 Å². The molecule has 0 radical (unpaired) electrons. The van der Waals surface area contributed by atoms with Crippen LogP contribution in [0.1, 0.15) is 28.4 Å². The molecule has 3 rings (SSSR count). The SMILES string of the molecule is CCOc1ccc(C(=O)NNC(=O)[C@H](Cc2ccccc2)NC(=O)OCc2ccccc2)cc1OC. The third kappa shape index (κ3) is 7.76. The van der Waals surface area contributed by atoms with Gasteiger partial charge in [0.2, 0.25) is 0 Å². The number of ether oxygens (including phenoxy) is 3. The van der Waals surface area contributed by atoms with Crippen molar-refractivity contribution in [3.8, 4) is 11.5 Å². The van der Waals surface area contributed by atoms with E-state index in [4.69, 9.17) is 14.2 Å². The lowest BCUT2D eigenvalue weighted by atomic mass is 10.1. The van der Waals surface area contributed by atoms with Crippen LogP contribution in [0.25, 0.3) is 0 Å². The van der Waals surface area contributed by atoms with Gasteiger partial charge < -0.3 is 19.5 Å². The number of hydrogen-bond donors (Lipinski definition) is 3. The van der Waals surface area contributed by atoms with Gasteiger partial charge in [0.25, 0.3) is 11.8 Å². The van der Waals surface area contributed by atoms with Crippen molar-refractivity contribution in [2.75, 3.05) is 13.7 Å². The molecule has 1 atom stereocenters. The Morgan fingerprint density at radius 3 is 2.14 bits per heavy atom. The molecular weight excluding hydrogens is 462 g/mol. The third-order valence-electron chi connectivity index (χ3n) is 5.13. The summed E-state index contributed by atoms with van der Waals surface area (Å²) in [4.78, 5) is 37.9. The maximum absolute atomic E-state index is 12.9. The average Bonchev–Trinajstić information content (AvgIpc) is 2.91. The van der Waals surface area contributed by atoms with Crippen LogP contribution in [0, 0.1) is 0 Å². The first kappa shape index (κ1) is 26.1. The van der Waals surface area contributed by atoms with E-state index in [0.717, 1.165) is 11.1 Å². The summed E-state index contributed by atoms with van der Waals surface area (Å²) in [5.41, 5.74) is 6.64. The van der Waals surface area contributed by atoms with E-state index < -0.39 is 23.9 Å². The maximum Gasteiger partial charge on any atom is 0.408 e. The first-order chi connectivity index (χ1) is 17.5. The largest absolute Gasteiger partial charge is 0.493 e. The van der Waals surface area contributed by atoms with Crippen LogP contribution in [-0.4, -0.2) is 37.7 Å². The summed E-state index contributed by atoms with van der Waals surface area (Å²) >= 11 is 0. The van der Waals surface area contributed by atoms with Crippen LogP contribution in [0.3, 0.4) is 0 Å². The smallest absolute Gasteiger partial charge is 0.408 e. The molecule has 3 aromatic carbocycles. The highest BCUT2D eigenvalue weighted by molar-refractivity contribution is 5.96. The molecule has 0 spiro atoms. The van der Waals surface area contributed by atoms with E-state index >= 15 is 0 Å². The molecule has 0 bridgehead atoms. The monoisotopic (exact) mass is 491 g/mol. The Kier molecular flexibility index (Phi) is 9.69. The van der Waals surface area contributed by atoms with E-state index in [-0.39, 0.29) is 18.6 Å². The van der Waals surface area contributed by atoms with Crippen molar-refractivity contribution in [3.05, 3.63) is 95.6 Å². The van der Waals surface area contributed by atoms with Crippen LogP contribution >= 0.6 is 0 Å². The summed E-state index contributed by atoms with van der Waals surface area (Å²) < 4.78 is 16.0. The van der Waals surface area contributed by atoms with Gasteiger partial charge in [-0.2, -0.15) is 0 Å². The summed E-state index contributed by atoms with van der Waals surface area (Å²) in [6.07, 6.45) is -0.558. The molecule has 3 amide bonds. The number of hydrazine groups is 1. The molecular formula is C27H29N3O6. The fourth-order valence-corrected chi connectivity index (χ4v) is 3.33. The highest BCUT2D eigenvalue weighted by Crippen LogP contribution is 2.27. The molecule has 0 aliphatic carbocycles. The predicted octanol–water partition coefficient (Wildman–Crippen LogP) is 3.39. The van der Waals surface area contributed by atoms with Crippen molar-refractivity contribution in [2.24, 2.45) is 0 Å². The Bertz CT molecular complexity index is 1150. The molecule has 36 heavy (non-hydrogen) atoms. The summed E-state index contributed by atoms with van der Waals surface area (Å²) in [6.45, 7) is 2.34. The number of alkyl carbamates (subject to hydrolysis) is 1. The highest BCUT2D eigenvalue weighted by atomic mass is 16.5. The normalized spacial score (nSPS) is 11.1. The highest BCUT2D eigenvalue weighted by Gasteiger charge is 2.23. The van der Waals surface area contributed by atoms with Crippen LogP contribution in [0.15, 0.2) is 78.9 Å². The van der Waals surface area contributed by atoms with Crippen molar-refractivity contribution in [2.45, 2.75) is 26.0 Å². The standard InChI is InChI=1S/C27H29N3O6/c1-3-35-23-15-14-21(17-24(23)34-2)25(31)29-30-26(32)22(16-19-10-6-4-7-11-19)28-27(33)36-18-20-12-8-5-9-13-20/h4-15,17,22H,3,16,18H2,1-2H3,(H,28,33)(H,29,31)(H,30,32)/t22-/m0/s1. The minimum absolute atomic E-state index is 0.0582. The van der Waals surface area contributed by atoms with Crippen LogP contribution in [0.5, 0.6) is 11.5 Å².